The lowest BCUT2D eigenvalue weighted by atomic mass is 10.4. The summed E-state index contributed by atoms with van der Waals surface area (Å²) in [5.41, 5.74) is 0. The first-order valence-electron chi connectivity index (χ1n) is 2.85. The fraction of sp³-hybridized carbons (Fsp3) is 1.00. The normalized spacial score (nSPS) is 25.7. The maximum atomic E-state index is 10.0. The van der Waals surface area contributed by atoms with Gasteiger partial charge in [-0.1, -0.05) is 0 Å². The summed E-state index contributed by atoms with van der Waals surface area (Å²) in [4.78, 5) is 8.26. The van der Waals surface area contributed by atoms with E-state index >= 15 is 0 Å². The third-order valence-electron chi connectivity index (χ3n) is 1.23. The zero-order valence-electron chi connectivity index (χ0n) is 5.32. The van der Waals surface area contributed by atoms with Gasteiger partial charge >= 0.3 is 8.25 Å². The second-order valence-corrected chi connectivity index (χ2v) is 2.61. The standard InChI is InChI=1S/C4H8NO3P.ClH/c6-9(7)8-4-2-1-3-5-4;/h4-5H,1-3H2;1H/p+1/t4-;/m1./s1. The molecule has 1 saturated heterocycles. The molecule has 10 heavy (non-hydrogen) atoms. The number of rotatable bonds is 2. The summed E-state index contributed by atoms with van der Waals surface area (Å²) in [6.07, 6.45) is 1.66. The number of hydrogen-bond donors (Lipinski definition) is 2. The first kappa shape index (κ1) is 10.3. The Morgan fingerprint density at radius 3 is 2.80 bits per heavy atom. The van der Waals surface area contributed by atoms with Gasteiger partial charge in [0, 0.05) is 4.57 Å². The molecule has 4 nitrogen and oxygen atoms in total. The molecule has 0 radical (unpaired) electrons. The fourth-order valence-corrected chi connectivity index (χ4v) is 1.25. The Morgan fingerprint density at radius 2 is 2.40 bits per heavy atom. The lowest BCUT2D eigenvalue weighted by Gasteiger charge is -1.96. The lowest BCUT2D eigenvalue weighted by molar-refractivity contribution is 0.175. The molecule has 1 aliphatic rings. The van der Waals surface area contributed by atoms with Gasteiger partial charge in [-0.15, -0.1) is 21.8 Å². The van der Waals surface area contributed by atoms with E-state index in [9.17, 15) is 4.57 Å². The third kappa shape index (κ3) is 3.44. The van der Waals surface area contributed by atoms with Crippen molar-refractivity contribution in [3.05, 3.63) is 0 Å². The van der Waals surface area contributed by atoms with Gasteiger partial charge in [-0.25, -0.2) is 0 Å². The van der Waals surface area contributed by atoms with Crippen LogP contribution in [0.15, 0.2) is 0 Å². The molecule has 0 aromatic carbocycles. The van der Waals surface area contributed by atoms with Crippen molar-refractivity contribution < 1.29 is 14.0 Å². The molecule has 2 atom stereocenters. The Kier molecular flexibility index (Phi) is 5.13. The average molecular weight is 187 g/mol. The molecule has 1 fully saturated rings. The Hall–Kier alpha value is 0.270. The molecule has 0 aromatic rings. The first-order chi connectivity index (χ1) is 4.29. The minimum absolute atomic E-state index is 0. The van der Waals surface area contributed by atoms with Crippen molar-refractivity contribution in [2.45, 2.75) is 19.1 Å². The van der Waals surface area contributed by atoms with Crippen LogP contribution in [0.4, 0.5) is 0 Å². The van der Waals surface area contributed by atoms with Crippen molar-refractivity contribution in [3.8, 4) is 0 Å². The highest BCUT2D eigenvalue weighted by Gasteiger charge is 2.25. The van der Waals surface area contributed by atoms with Crippen LogP contribution in [0.25, 0.3) is 0 Å². The van der Waals surface area contributed by atoms with Crippen molar-refractivity contribution in [2.24, 2.45) is 0 Å². The van der Waals surface area contributed by atoms with Crippen LogP contribution in [0.1, 0.15) is 12.8 Å². The lowest BCUT2D eigenvalue weighted by Crippen LogP contribution is -2.21. The average Bonchev–Trinajstić information content (AvgIpc) is 2.15. The molecule has 0 saturated carbocycles. The minimum atomic E-state index is -2.42. The molecular formula is C4H10ClNO3P+. The topological polar surface area (TPSA) is 58.6 Å². The van der Waals surface area contributed by atoms with E-state index in [4.69, 9.17) is 4.89 Å². The smallest absolute Gasteiger partial charge is 0.288 e. The molecule has 0 amide bonds. The van der Waals surface area contributed by atoms with E-state index in [0.29, 0.717) is 0 Å². The Bertz CT molecular complexity index is 117. The Balaban J connectivity index is 0.000000810. The van der Waals surface area contributed by atoms with Crippen LogP contribution in [0.5, 0.6) is 0 Å². The van der Waals surface area contributed by atoms with Crippen molar-refractivity contribution in [2.75, 3.05) is 6.54 Å². The largest absolute Gasteiger partial charge is 0.696 e. The van der Waals surface area contributed by atoms with E-state index in [2.05, 4.69) is 9.84 Å². The van der Waals surface area contributed by atoms with Crippen molar-refractivity contribution in [1.82, 2.24) is 5.32 Å². The molecule has 1 heterocycles. The molecule has 60 valence electrons. The molecular weight excluding hydrogens is 176 g/mol. The minimum Gasteiger partial charge on any atom is -0.288 e. The molecule has 1 aliphatic heterocycles. The van der Waals surface area contributed by atoms with Crippen molar-refractivity contribution in [1.29, 1.82) is 0 Å². The Morgan fingerprint density at radius 1 is 1.70 bits per heavy atom. The van der Waals surface area contributed by atoms with E-state index in [1.165, 1.54) is 0 Å². The molecule has 0 aromatic heterocycles. The predicted molar refractivity (Wildman–Crippen MR) is 39.2 cm³/mol. The summed E-state index contributed by atoms with van der Waals surface area (Å²) in [5, 5.41) is 2.92. The van der Waals surface area contributed by atoms with Gasteiger partial charge in [0.15, 0.2) is 6.23 Å². The zero-order chi connectivity index (χ0) is 6.69. The van der Waals surface area contributed by atoms with E-state index in [1.54, 1.807) is 0 Å². The van der Waals surface area contributed by atoms with Crippen molar-refractivity contribution in [3.63, 3.8) is 0 Å². The van der Waals surface area contributed by atoms with Crippen LogP contribution in [0.3, 0.4) is 0 Å². The van der Waals surface area contributed by atoms with Crippen LogP contribution in [-0.4, -0.2) is 17.7 Å². The van der Waals surface area contributed by atoms with E-state index in [-0.39, 0.29) is 18.6 Å². The van der Waals surface area contributed by atoms with Gasteiger partial charge in [-0.3, -0.25) is 5.32 Å². The highest BCUT2D eigenvalue weighted by atomic mass is 35.5. The van der Waals surface area contributed by atoms with Gasteiger partial charge in [0.2, 0.25) is 0 Å². The van der Waals surface area contributed by atoms with Gasteiger partial charge in [0.1, 0.15) is 0 Å². The van der Waals surface area contributed by atoms with Gasteiger partial charge in [-0.05, 0) is 19.4 Å². The molecule has 1 unspecified atom stereocenters. The summed E-state index contributed by atoms with van der Waals surface area (Å²) in [7, 11) is -2.42. The highest BCUT2D eigenvalue weighted by Crippen LogP contribution is 2.21. The number of halogens is 1. The summed E-state index contributed by atoms with van der Waals surface area (Å²) < 4.78 is 14.6. The van der Waals surface area contributed by atoms with Crippen LogP contribution < -0.4 is 5.32 Å². The molecule has 0 spiro atoms. The molecule has 6 heteroatoms. The second kappa shape index (κ2) is 4.99. The van der Waals surface area contributed by atoms with Crippen LogP contribution in [-0.2, 0) is 9.09 Å². The van der Waals surface area contributed by atoms with E-state index in [1.807, 2.05) is 0 Å². The summed E-state index contributed by atoms with van der Waals surface area (Å²) in [6, 6.07) is 0. The van der Waals surface area contributed by atoms with Gasteiger partial charge < -0.3 is 0 Å². The number of nitrogens with one attached hydrogen (secondary N) is 1. The maximum absolute atomic E-state index is 10.0. The number of hydrogen-bond acceptors (Lipinski definition) is 3. The second-order valence-electron chi connectivity index (χ2n) is 1.93. The summed E-state index contributed by atoms with van der Waals surface area (Å²) in [5.74, 6) is 0. The first-order valence-corrected chi connectivity index (χ1v) is 3.98. The van der Waals surface area contributed by atoms with Gasteiger partial charge in [0.05, 0.1) is 0 Å². The summed E-state index contributed by atoms with van der Waals surface area (Å²) >= 11 is 0. The van der Waals surface area contributed by atoms with Crippen molar-refractivity contribution >= 4 is 20.7 Å². The van der Waals surface area contributed by atoms with Gasteiger partial charge in [-0.2, -0.15) is 0 Å². The van der Waals surface area contributed by atoms with E-state index < -0.39 is 8.25 Å². The maximum Gasteiger partial charge on any atom is 0.696 e. The SMILES string of the molecule is Cl.O=[P+](O)O[C@@H]1CCCN1. The van der Waals surface area contributed by atoms with Crippen LogP contribution >= 0.6 is 20.7 Å². The quantitative estimate of drug-likeness (QED) is 0.626. The van der Waals surface area contributed by atoms with Gasteiger partial charge in [0.25, 0.3) is 0 Å². The summed E-state index contributed by atoms with van der Waals surface area (Å²) in [6.45, 7) is 0.883. The van der Waals surface area contributed by atoms with E-state index in [0.717, 1.165) is 19.4 Å². The monoisotopic (exact) mass is 186 g/mol. The van der Waals surface area contributed by atoms with Crippen LogP contribution in [0, 0.1) is 0 Å². The Labute approximate surface area is 66.3 Å². The highest BCUT2D eigenvalue weighted by molar-refractivity contribution is 7.32. The molecule has 0 aliphatic carbocycles. The molecule has 0 bridgehead atoms. The fourth-order valence-electron chi connectivity index (χ4n) is 0.851. The molecule has 1 rings (SSSR count). The zero-order valence-corrected chi connectivity index (χ0v) is 7.03. The predicted octanol–water partition coefficient (Wildman–Crippen LogP) is 0.784. The molecule has 2 N–H and O–H groups in total. The third-order valence-corrected chi connectivity index (χ3v) is 1.67. The van der Waals surface area contributed by atoms with Crippen LogP contribution in [0.2, 0.25) is 0 Å².